The van der Waals surface area contributed by atoms with Gasteiger partial charge in [0, 0.05) is 19.7 Å². The largest absolute Gasteiger partial charge is 0.359 e. The molecule has 5 nitrogen and oxygen atoms in total. The average Bonchev–Trinajstić information content (AvgIpc) is 3.18. The number of guanidine groups is 1. The fourth-order valence-electron chi connectivity index (χ4n) is 2.97. The van der Waals surface area contributed by atoms with Crippen LogP contribution in [-0.2, 0) is 6.54 Å². The SMILES string of the molecule is CN=C(NCCCC1CCCC1)NCc1cc(C(C)C)no1.I. The summed E-state index contributed by atoms with van der Waals surface area (Å²) in [7, 11) is 1.80. The Bertz CT molecular complexity index is 467. The Morgan fingerprint density at radius 1 is 1.35 bits per heavy atom. The lowest BCUT2D eigenvalue weighted by Crippen LogP contribution is -2.37. The van der Waals surface area contributed by atoms with Gasteiger partial charge >= 0.3 is 0 Å². The van der Waals surface area contributed by atoms with Crippen LogP contribution in [0.4, 0.5) is 0 Å². The van der Waals surface area contributed by atoms with Crippen molar-refractivity contribution in [3.05, 3.63) is 17.5 Å². The molecule has 1 fully saturated rings. The van der Waals surface area contributed by atoms with Gasteiger partial charge in [0.25, 0.3) is 0 Å². The Morgan fingerprint density at radius 2 is 2.09 bits per heavy atom. The van der Waals surface area contributed by atoms with E-state index >= 15 is 0 Å². The number of nitrogens with zero attached hydrogens (tertiary/aromatic N) is 2. The summed E-state index contributed by atoms with van der Waals surface area (Å²) in [5.41, 5.74) is 0.997. The van der Waals surface area contributed by atoms with Crippen LogP contribution in [0.2, 0.25) is 0 Å². The van der Waals surface area contributed by atoms with E-state index in [1.54, 1.807) is 7.05 Å². The van der Waals surface area contributed by atoms with E-state index in [0.29, 0.717) is 12.5 Å². The first-order valence-electron chi connectivity index (χ1n) is 8.59. The summed E-state index contributed by atoms with van der Waals surface area (Å²) in [5.74, 6) is 3.03. The average molecular weight is 434 g/mol. The third-order valence-corrected chi connectivity index (χ3v) is 4.38. The molecule has 2 N–H and O–H groups in total. The molecule has 23 heavy (non-hydrogen) atoms. The minimum absolute atomic E-state index is 0. The highest BCUT2D eigenvalue weighted by Crippen LogP contribution is 2.28. The van der Waals surface area contributed by atoms with Gasteiger partial charge in [-0.2, -0.15) is 0 Å². The third-order valence-electron chi connectivity index (χ3n) is 4.38. The van der Waals surface area contributed by atoms with Gasteiger partial charge in [-0.25, -0.2) is 0 Å². The van der Waals surface area contributed by atoms with Crippen molar-refractivity contribution in [3.63, 3.8) is 0 Å². The molecule has 0 atom stereocenters. The van der Waals surface area contributed by atoms with E-state index in [1.165, 1.54) is 38.5 Å². The van der Waals surface area contributed by atoms with Crippen molar-refractivity contribution in [2.75, 3.05) is 13.6 Å². The number of hydrogen-bond acceptors (Lipinski definition) is 3. The van der Waals surface area contributed by atoms with Crippen LogP contribution in [0.5, 0.6) is 0 Å². The quantitative estimate of drug-likeness (QED) is 0.294. The van der Waals surface area contributed by atoms with E-state index in [-0.39, 0.29) is 24.0 Å². The van der Waals surface area contributed by atoms with Crippen molar-refractivity contribution in [1.82, 2.24) is 15.8 Å². The zero-order valence-corrected chi connectivity index (χ0v) is 16.9. The highest BCUT2D eigenvalue weighted by molar-refractivity contribution is 14.0. The predicted molar refractivity (Wildman–Crippen MR) is 105 cm³/mol. The van der Waals surface area contributed by atoms with Crippen molar-refractivity contribution in [2.24, 2.45) is 10.9 Å². The molecular weight excluding hydrogens is 403 g/mol. The Labute approximate surface area is 157 Å². The molecule has 1 heterocycles. The Morgan fingerprint density at radius 3 is 2.70 bits per heavy atom. The second kappa shape index (κ2) is 10.9. The number of nitrogens with one attached hydrogen (secondary N) is 2. The summed E-state index contributed by atoms with van der Waals surface area (Å²) < 4.78 is 5.32. The predicted octanol–water partition coefficient (Wildman–Crippen LogP) is 4.05. The molecule has 1 aromatic rings. The zero-order chi connectivity index (χ0) is 15.8. The molecule has 0 unspecified atom stereocenters. The van der Waals surface area contributed by atoms with Crippen LogP contribution in [0.25, 0.3) is 0 Å². The molecule has 1 aliphatic carbocycles. The number of hydrogen-bond donors (Lipinski definition) is 2. The molecule has 0 saturated heterocycles. The lowest BCUT2D eigenvalue weighted by Gasteiger charge is -2.12. The topological polar surface area (TPSA) is 62.5 Å². The summed E-state index contributed by atoms with van der Waals surface area (Å²) >= 11 is 0. The number of rotatable bonds is 7. The van der Waals surface area contributed by atoms with Gasteiger partial charge in [-0.1, -0.05) is 44.7 Å². The minimum Gasteiger partial charge on any atom is -0.359 e. The van der Waals surface area contributed by atoms with Gasteiger partial charge < -0.3 is 15.2 Å². The highest BCUT2D eigenvalue weighted by atomic mass is 127. The van der Waals surface area contributed by atoms with E-state index in [1.807, 2.05) is 6.07 Å². The van der Waals surface area contributed by atoms with Gasteiger partial charge in [-0.3, -0.25) is 4.99 Å². The van der Waals surface area contributed by atoms with Crippen LogP contribution >= 0.6 is 24.0 Å². The maximum absolute atomic E-state index is 5.32. The Kier molecular flexibility index (Phi) is 9.59. The number of aromatic nitrogens is 1. The molecular formula is C17H31IN4O. The summed E-state index contributed by atoms with van der Waals surface area (Å²) in [5, 5.41) is 10.7. The monoisotopic (exact) mass is 434 g/mol. The summed E-state index contributed by atoms with van der Waals surface area (Å²) in [6.45, 7) is 5.81. The fourth-order valence-corrected chi connectivity index (χ4v) is 2.97. The normalized spacial score (nSPS) is 15.7. The first kappa shape index (κ1) is 20.3. The van der Waals surface area contributed by atoms with Gasteiger partial charge in [-0.15, -0.1) is 24.0 Å². The van der Waals surface area contributed by atoms with Gasteiger partial charge in [-0.05, 0) is 24.7 Å². The smallest absolute Gasteiger partial charge is 0.191 e. The minimum atomic E-state index is 0. The standard InChI is InChI=1S/C17H30N4O.HI/c1-13(2)16-11-15(22-21-16)12-20-17(18-3)19-10-6-9-14-7-4-5-8-14;/h11,13-14H,4-10,12H2,1-3H3,(H2,18,19,20);1H. The molecule has 0 radical (unpaired) electrons. The van der Waals surface area contributed by atoms with E-state index in [2.05, 4.69) is 34.6 Å². The summed E-state index contributed by atoms with van der Waals surface area (Å²) in [4.78, 5) is 4.25. The van der Waals surface area contributed by atoms with Crippen LogP contribution in [0, 0.1) is 5.92 Å². The van der Waals surface area contributed by atoms with Crippen molar-refractivity contribution in [1.29, 1.82) is 0 Å². The third kappa shape index (κ3) is 7.10. The van der Waals surface area contributed by atoms with E-state index in [0.717, 1.165) is 29.9 Å². The lowest BCUT2D eigenvalue weighted by atomic mass is 10.0. The highest BCUT2D eigenvalue weighted by Gasteiger charge is 2.14. The molecule has 1 saturated carbocycles. The molecule has 1 aliphatic rings. The van der Waals surface area contributed by atoms with Crippen molar-refractivity contribution in [2.45, 2.75) is 64.8 Å². The second-order valence-corrected chi connectivity index (χ2v) is 6.52. The van der Waals surface area contributed by atoms with Crippen LogP contribution in [-0.4, -0.2) is 24.7 Å². The molecule has 1 aromatic heterocycles. The molecule has 0 spiro atoms. The Balaban J connectivity index is 0.00000264. The van der Waals surface area contributed by atoms with Gasteiger partial charge in [0.1, 0.15) is 0 Å². The van der Waals surface area contributed by atoms with E-state index < -0.39 is 0 Å². The van der Waals surface area contributed by atoms with Crippen LogP contribution in [0.1, 0.15) is 69.7 Å². The molecule has 0 aliphatic heterocycles. The van der Waals surface area contributed by atoms with Crippen molar-refractivity contribution in [3.8, 4) is 0 Å². The summed E-state index contributed by atoms with van der Waals surface area (Å²) in [6.07, 6.45) is 8.26. The molecule has 0 bridgehead atoms. The summed E-state index contributed by atoms with van der Waals surface area (Å²) in [6, 6.07) is 2.01. The van der Waals surface area contributed by atoms with Crippen LogP contribution in [0.3, 0.4) is 0 Å². The second-order valence-electron chi connectivity index (χ2n) is 6.52. The van der Waals surface area contributed by atoms with Crippen LogP contribution < -0.4 is 10.6 Å². The molecule has 2 rings (SSSR count). The first-order chi connectivity index (χ1) is 10.7. The Hall–Kier alpha value is -0.790. The number of aliphatic imine (C=N–C) groups is 1. The van der Waals surface area contributed by atoms with Gasteiger partial charge in [0.2, 0.25) is 0 Å². The van der Waals surface area contributed by atoms with E-state index in [9.17, 15) is 0 Å². The van der Waals surface area contributed by atoms with Crippen LogP contribution in [0.15, 0.2) is 15.6 Å². The van der Waals surface area contributed by atoms with Crippen molar-refractivity contribution >= 4 is 29.9 Å². The molecule has 132 valence electrons. The molecule has 6 heteroatoms. The molecule has 0 aromatic carbocycles. The maximum atomic E-state index is 5.32. The number of halogens is 1. The van der Waals surface area contributed by atoms with Gasteiger partial charge in [0.05, 0.1) is 12.2 Å². The maximum Gasteiger partial charge on any atom is 0.191 e. The van der Waals surface area contributed by atoms with Crippen molar-refractivity contribution < 1.29 is 4.52 Å². The lowest BCUT2D eigenvalue weighted by molar-refractivity contribution is 0.372. The fraction of sp³-hybridized carbons (Fsp3) is 0.765. The first-order valence-corrected chi connectivity index (χ1v) is 8.59. The van der Waals surface area contributed by atoms with Gasteiger partial charge in [0.15, 0.2) is 11.7 Å². The van der Waals surface area contributed by atoms with E-state index in [4.69, 9.17) is 4.52 Å². The molecule has 0 amide bonds. The zero-order valence-electron chi connectivity index (χ0n) is 14.6.